The Morgan fingerprint density at radius 1 is 1.33 bits per heavy atom. The molecule has 0 fully saturated rings. The molecule has 1 aromatic carbocycles. The fraction of sp³-hybridized carbons (Fsp3) is 0.200. The van der Waals surface area contributed by atoms with Gasteiger partial charge in [0.25, 0.3) is 0 Å². The van der Waals surface area contributed by atoms with Gasteiger partial charge in [0.15, 0.2) is 0 Å². The minimum Gasteiger partial charge on any atom is -0.433 e. The summed E-state index contributed by atoms with van der Waals surface area (Å²) in [5, 5.41) is 18.7. The van der Waals surface area contributed by atoms with Gasteiger partial charge in [0.05, 0.1) is 11.7 Å². The zero-order chi connectivity index (χ0) is 15.4. The molecule has 0 radical (unpaired) electrons. The molecule has 21 heavy (non-hydrogen) atoms. The van der Waals surface area contributed by atoms with Crippen LogP contribution >= 0.6 is 0 Å². The third-order valence-electron chi connectivity index (χ3n) is 2.93. The molecule has 108 valence electrons. The van der Waals surface area contributed by atoms with Crippen molar-refractivity contribution >= 4 is 0 Å². The molecule has 0 aliphatic rings. The highest BCUT2D eigenvalue weighted by molar-refractivity contribution is 5.70. The topological polar surface area (TPSA) is 66.1 Å². The van der Waals surface area contributed by atoms with Crippen LogP contribution in [0.1, 0.15) is 24.2 Å². The zero-order valence-corrected chi connectivity index (χ0v) is 11.1. The molecule has 0 amide bonds. The quantitative estimate of drug-likeness (QED) is 0.938. The summed E-state index contributed by atoms with van der Waals surface area (Å²) in [5.74, 6) is -0.203. The maximum Gasteiger partial charge on any atom is 0.387 e. The first-order valence-corrected chi connectivity index (χ1v) is 6.14. The Balaban J connectivity index is 2.53. The molecular weight excluding hydrogens is 278 g/mol. The van der Waals surface area contributed by atoms with Gasteiger partial charge in [0.1, 0.15) is 11.8 Å². The van der Waals surface area contributed by atoms with Crippen molar-refractivity contribution in [1.82, 2.24) is 4.98 Å². The van der Waals surface area contributed by atoms with E-state index >= 15 is 0 Å². The number of nitrogens with zero attached hydrogens (tertiary/aromatic N) is 2. The molecular formula is C15H12F2N2O2. The van der Waals surface area contributed by atoms with Gasteiger partial charge in [-0.3, -0.25) is 4.98 Å². The lowest BCUT2D eigenvalue weighted by Crippen LogP contribution is -2.04. The van der Waals surface area contributed by atoms with Crippen LogP contribution in [0.15, 0.2) is 36.7 Å². The van der Waals surface area contributed by atoms with Crippen LogP contribution in [0.5, 0.6) is 5.75 Å². The second-order valence-electron chi connectivity index (χ2n) is 4.34. The first kappa shape index (κ1) is 14.9. The number of benzene rings is 1. The van der Waals surface area contributed by atoms with E-state index in [1.54, 1.807) is 25.1 Å². The highest BCUT2D eigenvalue weighted by Gasteiger charge is 2.14. The molecule has 0 bridgehead atoms. The SMILES string of the molecule is C[C@@H](O)c1ccncc1-c1ccc(C#N)c(OC(F)F)c1. The number of aliphatic hydroxyl groups is 1. The summed E-state index contributed by atoms with van der Waals surface area (Å²) >= 11 is 0. The normalized spacial score (nSPS) is 12.0. The molecule has 1 heterocycles. The van der Waals surface area contributed by atoms with Crippen LogP contribution < -0.4 is 4.74 Å². The number of alkyl halides is 2. The second-order valence-corrected chi connectivity index (χ2v) is 4.34. The lowest BCUT2D eigenvalue weighted by Gasteiger charge is -2.13. The lowest BCUT2D eigenvalue weighted by molar-refractivity contribution is -0.0500. The number of rotatable bonds is 4. The van der Waals surface area contributed by atoms with Crippen LogP contribution in [0.4, 0.5) is 8.78 Å². The van der Waals surface area contributed by atoms with Gasteiger partial charge in [-0.05, 0) is 36.2 Å². The first-order chi connectivity index (χ1) is 10.0. The summed E-state index contributed by atoms with van der Waals surface area (Å²) in [6.45, 7) is -1.42. The van der Waals surface area contributed by atoms with Crippen molar-refractivity contribution in [2.45, 2.75) is 19.6 Å². The van der Waals surface area contributed by atoms with Crippen LogP contribution in [0.25, 0.3) is 11.1 Å². The molecule has 0 aliphatic carbocycles. The highest BCUT2D eigenvalue weighted by Crippen LogP contribution is 2.32. The van der Waals surface area contributed by atoms with E-state index in [1.807, 2.05) is 0 Å². The van der Waals surface area contributed by atoms with E-state index in [2.05, 4.69) is 9.72 Å². The fourth-order valence-corrected chi connectivity index (χ4v) is 1.99. The Hall–Kier alpha value is -2.52. The van der Waals surface area contributed by atoms with E-state index in [4.69, 9.17) is 5.26 Å². The summed E-state index contributed by atoms with van der Waals surface area (Å²) in [4.78, 5) is 3.97. The molecule has 1 aromatic heterocycles. The Labute approximate surface area is 120 Å². The second kappa shape index (κ2) is 6.29. The average molecular weight is 290 g/mol. The number of aromatic nitrogens is 1. The minimum atomic E-state index is -3.02. The number of pyridine rings is 1. The Kier molecular flexibility index (Phi) is 4.45. The van der Waals surface area contributed by atoms with Gasteiger partial charge in [-0.2, -0.15) is 14.0 Å². The van der Waals surface area contributed by atoms with Crippen LogP contribution in [-0.2, 0) is 0 Å². The molecule has 2 aromatic rings. The summed E-state index contributed by atoms with van der Waals surface area (Å²) in [6, 6.07) is 7.77. The van der Waals surface area contributed by atoms with Gasteiger partial charge >= 0.3 is 6.61 Å². The molecule has 2 rings (SSSR count). The number of halogens is 2. The number of hydrogen-bond donors (Lipinski definition) is 1. The molecule has 0 saturated heterocycles. The van der Waals surface area contributed by atoms with Crippen LogP contribution in [0.3, 0.4) is 0 Å². The van der Waals surface area contributed by atoms with Crippen LogP contribution in [-0.4, -0.2) is 16.7 Å². The minimum absolute atomic E-state index is 0.0153. The van der Waals surface area contributed by atoms with Crippen molar-refractivity contribution in [3.63, 3.8) is 0 Å². The predicted molar refractivity (Wildman–Crippen MR) is 71.7 cm³/mol. The largest absolute Gasteiger partial charge is 0.433 e. The highest BCUT2D eigenvalue weighted by atomic mass is 19.3. The zero-order valence-electron chi connectivity index (χ0n) is 11.1. The van der Waals surface area contributed by atoms with Crippen molar-refractivity contribution in [2.24, 2.45) is 0 Å². The summed E-state index contributed by atoms with van der Waals surface area (Å²) in [5.41, 5.74) is 1.75. The molecule has 0 saturated carbocycles. The van der Waals surface area contributed by atoms with E-state index in [-0.39, 0.29) is 11.3 Å². The van der Waals surface area contributed by atoms with Crippen molar-refractivity contribution in [1.29, 1.82) is 5.26 Å². The monoisotopic (exact) mass is 290 g/mol. The third kappa shape index (κ3) is 3.33. The van der Waals surface area contributed by atoms with Gasteiger partial charge in [-0.25, -0.2) is 0 Å². The Bertz CT molecular complexity index is 682. The van der Waals surface area contributed by atoms with Gasteiger partial charge in [-0.15, -0.1) is 0 Å². The van der Waals surface area contributed by atoms with Crippen molar-refractivity contribution in [2.75, 3.05) is 0 Å². The number of aliphatic hydroxyl groups excluding tert-OH is 1. The molecule has 1 N–H and O–H groups in total. The lowest BCUT2D eigenvalue weighted by atomic mass is 9.98. The van der Waals surface area contributed by atoms with E-state index in [0.717, 1.165) is 0 Å². The van der Waals surface area contributed by atoms with Crippen molar-refractivity contribution in [3.8, 4) is 22.9 Å². The van der Waals surface area contributed by atoms with Gasteiger partial charge < -0.3 is 9.84 Å². The molecule has 0 unspecified atom stereocenters. The summed E-state index contributed by atoms with van der Waals surface area (Å²) in [7, 11) is 0. The maximum absolute atomic E-state index is 12.4. The standard InChI is InChI=1S/C15H12F2N2O2/c1-9(20)12-4-5-19-8-13(12)10-2-3-11(7-18)14(6-10)21-15(16)17/h2-6,8-9,15,20H,1H3/t9-/m1/s1. The molecule has 6 heteroatoms. The molecule has 0 aliphatic heterocycles. The summed E-state index contributed by atoms with van der Waals surface area (Å²) < 4.78 is 29.1. The fourth-order valence-electron chi connectivity index (χ4n) is 1.99. The number of nitriles is 1. The smallest absolute Gasteiger partial charge is 0.387 e. The summed E-state index contributed by atoms with van der Waals surface area (Å²) in [6.07, 6.45) is 2.32. The van der Waals surface area contributed by atoms with Crippen LogP contribution in [0, 0.1) is 11.3 Å². The van der Waals surface area contributed by atoms with E-state index in [1.165, 1.54) is 24.5 Å². The van der Waals surface area contributed by atoms with E-state index in [9.17, 15) is 13.9 Å². The first-order valence-electron chi connectivity index (χ1n) is 6.14. The number of hydrogen-bond acceptors (Lipinski definition) is 4. The maximum atomic E-state index is 12.4. The molecule has 1 atom stereocenters. The Morgan fingerprint density at radius 3 is 2.71 bits per heavy atom. The van der Waals surface area contributed by atoms with Gasteiger partial charge in [0, 0.05) is 18.0 Å². The Morgan fingerprint density at radius 2 is 2.10 bits per heavy atom. The van der Waals surface area contributed by atoms with Gasteiger partial charge in [-0.1, -0.05) is 6.07 Å². The predicted octanol–water partition coefficient (Wildman–Crippen LogP) is 3.27. The van der Waals surface area contributed by atoms with Crippen LogP contribution in [0.2, 0.25) is 0 Å². The van der Waals surface area contributed by atoms with E-state index < -0.39 is 12.7 Å². The van der Waals surface area contributed by atoms with Crippen molar-refractivity contribution < 1.29 is 18.6 Å². The van der Waals surface area contributed by atoms with E-state index in [0.29, 0.717) is 16.7 Å². The van der Waals surface area contributed by atoms with Crippen molar-refractivity contribution in [3.05, 3.63) is 47.8 Å². The number of ether oxygens (including phenoxy) is 1. The average Bonchev–Trinajstić information content (AvgIpc) is 2.46. The molecule has 4 nitrogen and oxygen atoms in total. The molecule has 0 spiro atoms. The van der Waals surface area contributed by atoms with Gasteiger partial charge in [0.2, 0.25) is 0 Å². The third-order valence-corrected chi connectivity index (χ3v) is 2.93.